The summed E-state index contributed by atoms with van der Waals surface area (Å²) >= 11 is 0. The Morgan fingerprint density at radius 2 is 2.04 bits per heavy atom. The predicted molar refractivity (Wildman–Crippen MR) is 91.6 cm³/mol. The highest BCUT2D eigenvalue weighted by Gasteiger charge is 2.45. The molecule has 0 amide bonds. The number of likely N-dealkylation sites (N-methyl/N-ethyl adjacent to an activating group) is 1. The van der Waals surface area contributed by atoms with Crippen LogP contribution in [0.1, 0.15) is 26.2 Å². The van der Waals surface area contributed by atoms with E-state index in [0.717, 1.165) is 42.5 Å². The number of aldehydes is 1. The largest absolute Gasteiger partial charge is 0.344 e. The van der Waals surface area contributed by atoms with E-state index in [1.807, 2.05) is 13.1 Å². The van der Waals surface area contributed by atoms with E-state index in [2.05, 4.69) is 24.5 Å². The van der Waals surface area contributed by atoms with Gasteiger partial charge in [0.2, 0.25) is 0 Å². The average Bonchev–Trinajstić information content (AvgIpc) is 2.88. The van der Waals surface area contributed by atoms with Crippen molar-refractivity contribution in [3.05, 3.63) is 65.7 Å². The van der Waals surface area contributed by atoms with Gasteiger partial charge >= 0.3 is 0 Å². The molecule has 2 nitrogen and oxygen atoms in total. The summed E-state index contributed by atoms with van der Waals surface area (Å²) in [5.74, 6) is -0.152. The number of anilines is 1. The first-order chi connectivity index (χ1) is 11.0. The lowest BCUT2D eigenvalue weighted by Crippen LogP contribution is -2.30. The number of carbonyl (C=O) groups excluding carboxylic acids is 1. The Balaban J connectivity index is 2.00. The van der Waals surface area contributed by atoms with Crippen molar-refractivity contribution in [3.63, 3.8) is 0 Å². The smallest absolute Gasteiger partial charge is 0.123 e. The Morgan fingerprint density at radius 3 is 2.65 bits per heavy atom. The van der Waals surface area contributed by atoms with Crippen LogP contribution in [0.15, 0.2) is 59.8 Å². The van der Waals surface area contributed by atoms with E-state index >= 15 is 0 Å². The molecule has 0 aromatic heterocycles. The van der Waals surface area contributed by atoms with Crippen molar-refractivity contribution in [2.45, 2.75) is 26.2 Å². The Morgan fingerprint density at radius 1 is 1.35 bits per heavy atom. The lowest BCUT2D eigenvalue weighted by Gasteiger charge is -2.37. The summed E-state index contributed by atoms with van der Waals surface area (Å²) < 4.78 is 13.2. The minimum atomic E-state index is -0.237. The molecular formula is C20H22FNO. The van der Waals surface area contributed by atoms with Crippen LogP contribution in [0.3, 0.4) is 0 Å². The number of carbonyl (C=O) groups is 1. The van der Waals surface area contributed by atoms with Gasteiger partial charge < -0.3 is 9.69 Å². The van der Waals surface area contributed by atoms with E-state index in [9.17, 15) is 9.18 Å². The standard InChI is InChI=1S/C20H22FNO/c1-4-14-12-20(2)15(5-6-16(20)13-23)11-19(14)22(3)18-9-7-17(21)8-10-18/h4,7-11,13,16H,1,5-6,12H2,2-3H3. The molecule has 3 rings (SSSR count). The zero-order valence-corrected chi connectivity index (χ0v) is 13.7. The van der Waals surface area contributed by atoms with Gasteiger partial charge in [0, 0.05) is 29.8 Å². The normalized spacial score (nSPS) is 26.6. The third kappa shape index (κ3) is 2.54. The highest BCUT2D eigenvalue weighted by Crippen LogP contribution is 2.53. The summed E-state index contributed by atoms with van der Waals surface area (Å²) in [6.45, 7) is 6.14. The molecular weight excluding hydrogens is 289 g/mol. The first-order valence-electron chi connectivity index (χ1n) is 8.01. The minimum absolute atomic E-state index is 0.0846. The first-order valence-corrected chi connectivity index (χ1v) is 8.01. The number of halogens is 1. The molecule has 0 aliphatic heterocycles. The third-order valence-corrected chi connectivity index (χ3v) is 5.46. The lowest BCUT2D eigenvalue weighted by molar-refractivity contribution is -0.113. The summed E-state index contributed by atoms with van der Waals surface area (Å²) in [6.07, 6.45) is 7.90. The second kappa shape index (κ2) is 5.80. The van der Waals surface area contributed by atoms with Gasteiger partial charge in [-0.1, -0.05) is 25.2 Å². The van der Waals surface area contributed by atoms with Gasteiger partial charge in [-0.15, -0.1) is 0 Å². The Kier molecular flexibility index (Phi) is 3.97. The molecule has 0 bridgehead atoms. The highest BCUT2D eigenvalue weighted by atomic mass is 19.1. The van der Waals surface area contributed by atoms with Crippen LogP contribution >= 0.6 is 0 Å². The van der Waals surface area contributed by atoms with E-state index in [1.54, 1.807) is 12.1 Å². The molecule has 2 atom stereocenters. The van der Waals surface area contributed by atoms with E-state index < -0.39 is 0 Å². The molecule has 3 heteroatoms. The molecule has 0 heterocycles. The van der Waals surface area contributed by atoms with Crippen LogP contribution in [-0.4, -0.2) is 13.3 Å². The molecule has 1 aromatic carbocycles. The summed E-state index contributed by atoms with van der Waals surface area (Å²) in [5, 5.41) is 0. The fraction of sp³-hybridized carbons (Fsp3) is 0.350. The van der Waals surface area contributed by atoms with Gasteiger partial charge in [-0.2, -0.15) is 0 Å². The second-order valence-corrected chi connectivity index (χ2v) is 6.70. The fourth-order valence-electron chi connectivity index (χ4n) is 3.89. The van der Waals surface area contributed by atoms with Crippen LogP contribution in [0.5, 0.6) is 0 Å². The molecule has 1 fully saturated rings. The molecule has 0 saturated heterocycles. The molecule has 2 aliphatic carbocycles. The zero-order chi connectivity index (χ0) is 16.6. The number of hydrogen-bond donors (Lipinski definition) is 0. The van der Waals surface area contributed by atoms with Crippen LogP contribution in [0.2, 0.25) is 0 Å². The topological polar surface area (TPSA) is 20.3 Å². The van der Waals surface area contributed by atoms with Crippen molar-refractivity contribution >= 4 is 12.0 Å². The molecule has 0 N–H and O–H groups in total. The van der Waals surface area contributed by atoms with Gasteiger partial charge in [-0.05, 0) is 55.2 Å². The number of benzene rings is 1. The molecule has 1 aromatic rings. The van der Waals surface area contributed by atoms with Crippen molar-refractivity contribution in [2.24, 2.45) is 11.3 Å². The average molecular weight is 311 g/mol. The van der Waals surface area contributed by atoms with E-state index in [4.69, 9.17) is 0 Å². The van der Waals surface area contributed by atoms with Crippen molar-refractivity contribution < 1.29 is 9.18 Å². The predicted octanol–water partition coefficient (Wildman–Crippen LogP) is 4.65. The molecule has 120 valence electrons. The van der Waals surface area contributed by atoms with E-state index in [0.29, 0.717) is 0 Å². The summed E-state index contributed by atoms with van der Waals surface area (Å²) in [5.41, 5.74) is 4.41. The van der Waals surface area contributed by atoms with Gasteiger partial charge in [-0.3, -0.25) is 0 Å². The molecule has 1 saturated carbocycles. The van der Waals surface area contributed by atoms with Crippen LogP contribution < -0.4 is 4.90 Å². The van der Waals surface area contributed by atoms with Gasteiger partial charge in [-0.25, -0.2) is 4.39 Å². The summed E-state index contributed by atoms with van der Waals surface area (Å²) in [4.78, 5) is 13.5. The van der Waals surface area contributed by atoms with Crippen LogP contribution in [-0.2, 0) is 4.79 Å². The summed E-state index contributed by atoms with van der Waals surface area (Å²) in [6, 6.07) is 6.49. The molecule has 2 unspecified atom stereocenters. The number of fused-ring (bicyclic) bond motifs is 1. The van der Waals surface area contributed by atoms with Crippen molar-refractivity contribution in [1.82, 2.24) is 0 Å². The van der Waals surface area contributed by atoms with Crippen molar-refractivity contribution in [2.75, 3.05) is 11.9 Å². The number of hydrogen-bond acceptors (Lipinski definition) is 2. The number of allylic oxidation sites excluding steroid dienone is 4. The number of rotatable bonds is 4. The van der Waals surface area contributed by atoms with Crippen molar-refractivity contribution in [1.29, 1.82) is 0 Å². The van der Waals surface area contributed by atoms with Crippen LogP contribution in [0.25, 0.3) is 0 Å². The monoisotopic (exact) mass is 311 g/mol. The van der Waals surface area contributed by atoms with Gasteiger partial charge in [0.25, 0.3) is 0 Å². The van der Waals surface area contributed by atoms with Crippen LogP contribution in [0.4, 0.5) is 10.1 Å². The van der Waals surface area contributed by atoms with Gasteiger partial charge in [0.15, 0.2) is 0 Å². The maximum absolute atomic E-state index is 13.2. The number of nitrogens with zero attached hydrogens (tertiary/aromatic N) is 1. The van der Waals surface area contributed by atoms with Gasteiger partial charge in [0.05, 0.1) is 0 Å². The fourth-order valence-corrected chi connectivity index (χ4v) is 3.89. The molecule has 2 aliphatic rings. The molecule has 0 spiro atoms. The Labute approximate surface area is 137 Å². The van der Waals surface area contributed by atoms with E-state index in [1.165, 1.54) is 17.7 Å². The third-order valence-electron chi connectivity index (χ3n) is 5.46. The Bertz CT molecular complexity index is 701. The maximum atomic E-state index is 13.2. The molecule has 0 radical (unpaired) electrons. The maximum Gasteiger partial charge on any atom is 0.123 e. The quantitative estimate of drug-likeness (QED) is 0.755. The minimum Gasteiger partial charge on any atom is -0.344 e. The second-order valence-electron chi connectivity index (χ2n) is 6.70. The SMILES string of the molecule is C=CC1=C(N(C)c2ccc(F)cc2)C=C2CCC(C=O)C2(C)C1. The summed E-state index contributed by atoms with van der Waals surface area (Å²) in [7, 11) is 1.98. The highest BCUT2D eigenvalue weighted by molar-refractivity contribution is 5.63. The van der Waals surface area contributed by atoms with Crippen molar-refractivity contribution in [3.8, 4) is 0 Å². The van der Waals surface area contributed by atoms with Gasteiger partial charge in [0.1, 0.15) is 12.1 Å². The Hall–Kier alpha value is -2.16. The van der Waals surface area contributed by atoms with E-state index in [-0.39, 0.29) is 17.2 Å². The zero-order valence-electron chi connectivity index (χ0n) is 13.7. The van der Waals surface area contributed by atoms with Crippen LogP contribution in [0, 0.1) is 17.2 Å². The molecule has 23 heavy (non-hydrogen) atoms. The first kappa shape index (κ1) is 15.7. The lowest BCUT2D eigenvalue weighted by atomic mass is 9.70.